The SMILES string of the molecule is CC=CN1CCC[C@@H](n2cc(-c3ccc(Oc4c(F)cccc4F)cc3)c3c(N)n[nH]c(=O)c32)C1. The van der Waals surface area contributed by atoms with Gasteiger partial charge in [-0.2, -0.15) is 5.10 Å². The summed E-state index contributed by atoms with van der Waals surface area (Å²) in [5.74, 6) is -1.52. The number of aromatic amines is 1. The van der Waals surface area contributed by atoms with Gasteiger partial charge in [0, 0.05) is 24.8 Å². The summed E-state index contributed by atoms with van der Waals surface area (Å²) in [4.78, 5) is 15.1. The highest BCUT2D eigenvalue weighted by molar-refractivity contribution is 6.02. The third-order valence-electron chi connectivity index (χ3n) is 6.27. The van der Waals surface area contributed by atoms with Crippen molar-refractivity contribution in [1.29, 1.82) is 0 Å². The van der Waals surface area contributed by atoms with Crippen LogP contribution < -0.4 is 16.0 Å². The van der Waals surface area contributed by atoms with Gasteiger partial charge < -0.3 is 19.9 Å². The predicted molar refractivity (Wildman–Crippen MR) is 131 cm³/mol. The van der Waals surface area contributed by atoms with E-state index >= 15 is 0 Å². The predicted octanol–water partition coefficient (Wildman–Crippen LogP) is 5.21. The number of nitrogens with one attached hydrogen (secondary N) is 1. The lowest BCUT2D eigenvalue weighted by Gasteiger charge is -2.33. The van der Waals surface area contributed by atoms with Gasteiger partial charge in [-0.25, -0.2) is 13.9 Å². The maximum atomic E-state index is 14.0. The molecular formula is C26H25F2N5O2. The van der Waals surface area contributed by atoms with E-state index < -0.39 is 17.4 Å². The standard InChI is InChI=1S/C26H25F2N5O2/c1-2-12-32-13-4-5-17(14-32)33-15-19(22-23(33)26(34)31-30-25(22)29)16-8-10-18(11-9-16)35-24-20(27)6-3-7-21(24)28/h2-3,6-12,15,17H,4-5,13-14H2,1H3,(H2,29,30)(H,31,34)/t17-/m1/s1. The second-order valence-electron chi connectivity index (χ2n) is 8.56. The maximum absolute atomic E-state index is 14.0. The van der Waals surface area contributed by atoms with Gasteiger partial charge in [-0.05, 0) is 55.8 Å². The number of H-pyrrole nitrogens is 1. The maximum Gasteiger partial charge on any atom is 0.288 e. The van der Waals surface area contributed by atoms with Crippen LogP contribution >= 0.6 is 0 Å². The zero-order chi connectivity index (χ0) is 24.5. The zero-order valence-corrected chi connectivity index (χ0v) is 19.2. The molecule has 5 rings (SSSR count). The molecule has 0 aliphatic carbocycles. The van der Waals surface area contributed by atoms with E-state index in [4.69, 9.17) is 10.5 Å². The molecule has 1 fully saturated rings. The van der Waals surface area contributed by atoms with Crippen molar-refractivity contribution in [3.63, 3.8) is 0 Å². The van der Waals surface area contributed by atoms with Crippen molar-refractivity contribution in [3.8, 4) is 22.6 Å². The molecule has 35 heavy (non-hydrogen) atoms. The number of nitrogen functional groups attached to an aromatic ring is 1. The molecule has 1 aliphatic rings. The summed E-state index contributed by atoms with van der Waals surface area (Å²) >= 11 is 0. The van der Waals surface area contributed by atoms with Crippen molar-refractivity contribution in [2.45, 2.75) is 25.8 Å². The average molecular weight is 478 g/mol. The lowest BCUT2D eigenvalue weighted by atomic mass is 10.1. The summed E-state index contributed by atoms with van der Waals surface area (Å²) < 4.78 is 35.4. The fourth-order valence-corrected chi connectivity index (χ4v) is 4.70. The Hall–Kier alpha value is -4.14. The van der Waals surface area contributed by atoms with E-state index in [-0.39, 0.29) is 23.2 Å². The molecule has 7 nitrogen and oxygen atoms in total. The number of benzene rings is 2. The minimum Gasteiger partial charge on any atom is -0.451 e. The number of hydrogen-bond acceptors (Lipinski definition) is 5. The molecule has 0 unspecified atom stereocenters. The van der Waals surface area contributed by atoms with Gasteiger partial charge in [0.1, 0.15) is 11.3 Å². The van der Waals surface area contributed by atoms with E-state index in [0.717, 1.165) is 49.2 Å². The van der Waals surface area contributed by atoms with E-state index in [1.54, 1.807) is 24.3 Å². The largest absolute Gasteiger partial charge is 0.451 e. The first-order chi connectivity index (χ1) is 17.0. The molecule has 2 aromatic heterocycles. The van der Waals surface area contributed by atoms with Gasteiger partial charge in [-0.1, -0.05) is 24.3 Å². The molecule has 0 bridgehead atoms. The lowest BCUT2D eigenvalue weighted by Crippen LogP contribution is -2.33. The van der Waals surface area contributed by atoms with Crippen LogP contribution in [0.15, 0.2) is 65.7 Å². The monoisotopic (exact) mass is 477 g/mol. The lowest BCUT2D eigenvalue weighted by molar-refractivity contribution is 0.239. The van der Waals surface area contributed by atoms with Crippen molar-refractivity contribution in [3.05, 3.63) is 82.9 Å². The fraction of sp³-hybridized carbons (Fsp3) is 0.231. The number of aromatic nitrogens is 3. The van der Waals surface area contributed by atoms with Gasteiger partial charge in [0.05, 0.1) is 11.4 Å². The number of nitrogens with zero attached hydrogens (tertiary/aromatic N) is 3. The number of hydrogen-bond donors (Lipinski definition) is 2. The Morgan fingerprint density at radius 2 is 1.91 bits per heavy atom. The highest BCUT2D eigenvalue weighted by atomic mass is 19.1. The van der Waals surface area contributed by atoms with Crippen molar-refractivity contribution < 1.29 is 13.5 Å². The normalized spacial score (nSPS) is 16.3. The number of halogens is 2. The van der Waals surface area contributed by atoms with Crippen molar-refractivity contribution in [1.82, 2.24) is 19.7 Å². The first-order valence-electron chi connectivity index (χ1n) is 11.4. The first kappa shape index (κ1) is 22.6. The number of allylic oxidation sites excluding steroid dienone is 1. The molecule has 3 heterocycles. The Morgan fingerprint density at radius 1 is 1.17 bits per heavy atom. The molecule has 0 amide bonds. The smallest absolute Gasteiger partial charge is 0.288 e. The van der Waals surface area contributed by atoms with Crippen LogP contribution in [-0.2, 0) is 0 Å². The van der Waals surface area contributed by atoms with Crippen molar-refractivity contribution in [2.75, 3.05) is 18.8 Å². The molecule has 0 spiro atoms. The highest BCUT2D eigenvalue weighted by Gasteiger charge is 2.25. The van der Waals surface area contributed by atoms with E-state index in [9.17, 15) is 13.6 Å². The van der Waals surface area contributed by atoms with Crippen LogP contribution in [0.4, 0.5) is 14.6 Å². The molecule has 9 heteroatoms. The second-order valence-corrected chi connectivity index (χ2v) is 8.56. The van der Waals surface area contributed by atoms with E-state index in [1.807, 2.05) is 23.8 Å². The molecule has 0 saturated carbocycles. The van der Waals surface area contributed by atoms with Crippen molar-refractivity contribution >= 4 is 16.7 Å². The van der Waals surface area contributed by atoms with Gasteiger partial charge >= 0.3 is 0 Å². The topological polar surface area (TPSA) is 89.2 Å². The number of likely N-dealkylation sites (tertiary alicyclic amines) is 1. The Kier molecular flexibility index (Phi) is 5.98. The van der Waals surface area contributed by atoms with Crippen LogP contribution in [0.5, 0.6) is 11.5 Å². The zero-order valence-electron chi connectivity index (χ0n) is 19.2. The molecule has 1 saturated heterocycles. The molecule has 1 atom stereocenters. The van der Waals surface area contributed by atoms with Crippen LogP contribution in [-0.4, -0.2) is 32.8 Å². The van der Waals surface area contributed by atoms with Gasteiger partial charge in [-0.15, -0.1) is 0 Å². The molecule has 3 N–H and O–H groups in total. The minimum atomic E-state index is -0.783. The number of fused-ring (bicyclic) bond motifs is 1. The summed E-state index contributed by atoms with van der Waals surface area (Å²) in [7, 11) is 0. The van der Waals surface area contributed by atoms with E-state index in [0.29, 0.717) is 10.9 Å². The molecular weight excluding hydrogens is 452 g/mol. The van der Waals surface area contributed by atoms with E-state index in [2.05, 4.69) is 21.3 Å². The number of anilines is 1. The first-order valence-corrected chi connectivity index (χ1v) is 11.4. The van der Waals surface area contributed by atoms with Crippen molar-refractivity contribution in [2.24, 2.45) is 0 Å². The van der Waals surface area contributed by atoms with Crippen LogP contribution in [0.1, 0.15) is 25.8 Å². The van der Waals surface area contributed by atoms with Crippen LogP contribution in [0, 0.1) is 11.6 Å². The van der Waals surface area contributed by atoms with E-state index in [1.165, 1.54) is 6.07 Å². The Balaban J connectivity index is 1.54. The Morgan fingerprint density at radius 3 is 2.63 bits per heavy atom. The summed E-state index contributed by atoms with van der Waals surface area (Å²) in [6.45, 7) is 3.73. The average Bonchev–Trinajstić information content (AvgIpc) is 3.27. The molecule has 1 aliphatic heterocycles. The van der Waals surface area contributed by atoms with Crippen LogP contribution in [0.25, 0.3) is 22.0 Å². The summed E-state index contributed by atoms with van der Waals surface area (Å²) in [6.07, 6.45) is 7.94. The molecule has 180 valence electrons. The van der Waals surface area contributed by atoms with Crippen LogP contribution in [0.2, 0.25) is 0 Å². The summed E-state index contributed by atoms with van der Waals surface area (Å²) in [5, 5.41) is 7.06. The third kappa shape index (κ3) is 4.25. The number of rotatable bonds is 5. The third-order valence-corrected chi connectivity index (χ3v) is 6.27. The highest BCUT2D eigenvalue weighted by Crippen LogP contribution is 2.37. The Labute approximate surface area is 200 Å². The van der Waals surface area contributed by atoms with Gasteiger partial charge in [0.15, 0.2) is 23.2 Å². The molecule has 2 aromatic carbocycles. The van der Waals surface area contributed by atoms with Crippen LogP contribution in [0.3, 0.4) is 0 Å². The molecule has 0 radical (unpaired) electrons. The fourth-order valence-electron chi connectivity index (χ4n) is 4.70. The number of ether oxygens (including phenoxy) is 1. The number of piperidine rings is 1. The molecule has 4 aromatic rings. The number of nitrogens with two attached hydrogens (primary N) is 1. The number of para-hydroxylation sites is 1. The minimum absolute atomic E-state index is 0.0886. The summed E-state index contributed by atoms with van der Waals surface area (Å²) in [6, 6.07) is 10.4. The summed E-state index contributed by atoms with van der Waals surface area (Å²) in [5.41, 5.74) is 7.92. The van der Waals surface area contributed by atoms with Gasteiger partial charge in [0.2, 0.25) is 0 Å². The quantitative estimate of drug-likeness (QED) is 0.412. The van der Waals surface area contributed by atoms with Gasteiger partial charge in [0.25, 0.3) is 5.56 Å². The van der Waals surface area contributed by atoms with Gasteiger partial charge in [-0.3, -0.25) is 4.79 Å². The Bertz CT molecular complexity index is 1440. The second kappa shape index (κ2) is 9.25.